The Balaban J connectivity index is 2.44. The maximum atomic E-state index is 12.1. The highest BCUT2D eigenvalue weighted by Crippen LogP contribution is 2.25. The zero-order chi connectivity index (χ0) is 12.1. The molecule has 0 aromatic heterocycles. The summed E-state index contributed by atoms with van der Waals surface area (Å²) in [6, 6.07) is 0.500. The van der Waals surface area contributed by atoms with Gasteiger partial charge >= 0.3 is 0 Å². The van der Waals surface area contributed by atoms with Gasteiger partial charge in [0.1, 0.15) is 0 Å². The molecule has 0 aromatic rings. The Morgan fingerprint density at radius 2 is 2.00 bits per heavy atom. The van der Waals surface area contributed by atoms with Crippen LogP contribution in [-0.2, 0) is 4.79 Å². The fourth-order valence-electron chi connectivity index (χ4n) is 2.59. The first-order chi connectivity index (χ1) is 7.60. The van der Waals surface area contributed by atoms with E-state index in [-0.39, 0.29) is 11.9 Å². The van der Waals surface area contributed by atoms with Crippen molar-refractivity contribution in [2.75, 3.05) is 13.1 Å². The van der Waals surface area contributed by atoms with E-state index >= 15 is 0 Å². The lowest BCUT2D eigenvalue weighted by Gasteiger charge is -2.27. The monoisotopic (exact) mass is 226 g/mol. The van der Waals surface area contributed by atoms with Gasteiger partial charge in [0.25, 0.3) is 0 Å². The molecular formula is C13H26N2O. The molecular weight excluding hydrogens is 200 g/mol. The molecule has 0 bridgehead atoms. The van der Waals surface area contributed by atoms with Gasteiger partial charge in [0, 0.05) is 19.1 Å². The summed E-state index contributed by atoms with van der Waals surface area (Å²) in [5.74, 6) is 0.955. The highest BCUT2D eigenvalue weighted by molar-refractivity contribution is 5.81. The maximum absolute atomic E-state index is 12.1. The minimum Gasteiger partial charge on any atom is -0.342 e. The van der Waals surface area contributed by atoms with E-state index in [1.807, 2.05) is 25.7 Å². The molecule has 1 rings (SSSR count). The van der Waals surface area contributed by atoms with Crippen molar-refractivity contribution in [1.82, 2.24) is 10.2 Å². The molecule has 0 saturated heterocycles. The number of amides is 1. The van der Waals surface area contributed by atoms with Gasteiger partial charge in [0.05, 0.1) is 6.04 Å². The Morgan fingerprint density at radius 1 is 1.38 bits per heavy atom. The van der Waals surface area contributed by atoms with Gasteiger partial charge in [0.15, 0.2) is 0 Å². The molecule has 3 atom stereocenters. The molecule has 1 aliphatic carbocycles. The number of nitrogens with zero attached hydrogens (tertiary/aromatic N) is 1. The van der Waals surface area contributed by atoms with Gasteiger partial charge in [-0.3, -0.25) is 4.79 Å². The molecule has 16 heavy (non-hydrogen) atoms. The molecule has 0 spiro atoms. The molecule has 3 heteroatoms. The summed E-state index contributed by atoms with van der Waals surface area (Å²) >= 11 is 0. The second-order valence-corrected chi connectivity index (χ2v) is 4.91. The van der Waals surface area contributed by atoms with Crippen molar-refractivity contribution in [3.05, 3.63) is 0 Å². The second kappa shape index (κ2) is 6.24. The number of hydrogen-bond acceptors (Lipinski definition) is 2. The van der Waals surface area contributed by atoms with Gasteiger partial charge in [-0.15, -0.1) is 0 Å². The van der Waals surface area contributed by atoms with Crippen molar-refractivity contribution in [2.45, 2.75) is 59.0 Å². The summed E-state index contributed by atoms with van der Waals surface area (Å²) in [5, 5.41) is 3.49. The van der Waals surface area contributed by atoms with Gasteiger partial charge in [-0.2, -0.15) is 0 Å². The summed E-state index contributed by atoms with van der Waals surface area (Å²) in [6.45, 7) is 9.95. The molecule has 1 fully saturated rings. The fourth-order valence-corrected chi connectivity index (χ4v) is 2.59. The van der Waals surface area contributed by atoms with E-state index in [0.717, 1.165) is 13.1 Å². The lowest BCUT2D eigenvalue weighted by atomic mass is 10.1. The topological polar surface area (TPSA) is 32.3 Å². The van der Waals surface area contributed by atoms with Crippen LogP contribution in [0, 0.1) is 5.92 Å². The lowest BCUT2D eigenvalue weighted by Crippen LogP contribution is -2.48. The molecule has 1 amide bonds. The van der Waals surface area contributed by atoms with Crippen LogP contribution in [0.1, 0.15) is 47.0 Å². The van der Waals surface area contributed by atoms with Crippen LogP contribution in [0.15, 0.2) is 0 Å². The van der Waals surface area contributed by atoms with Gasteiger partial charge in [-0.1, -0.05) is 13.3 Å². The van der Waals surface area contributed by atoms with Crippen molar-refractivity contribution in [2.24, 2.45) is 5.92 Å². The highest BCUT2D eigenvalue weighted by atomic mass is 16.2. The van der Waals surface area contributed by atoms with Crippen molar-refractivity contribution < 1.29 is 4.79 Å². The van der Waals surface area contributed by atoms with Crippen molar-refractivity contribution in [1.29, 1.82) is 0 Å². The smallest absolute Gasteiger partial charge is 0.239 e. The molecule has 3 nitrogen and oxygen atoms in total. The van der Waals surface area contributed by atoms with E-state index in [0.29, 0.717) is 12.0 Å². The van der Waals surface area contributed by atoms with E-state index < -0.39 is 0 Å². The lowest BCUT2D eigenvalue weighted by molar-refractivity contribution is -0.132. The first-order valence-electron chi connectivity index (χ1n) is 6.64. The molecule has 1 saturated carbocycles. The summed E-state index contributed by atoms with van der Waals surface area (Å²) in [6.07, 6.45) is 3.81. The average Bonchev–Trinajstić information content (AvgIpc) is 2.66. The Hall–Kier alpha value is -0.570. The summed E-state index contributed by atoms with van der Waals surface area (Å²) < 4.78 is 0. The number of likely N-dealkylation sites (N-methyl/N-ethyl adjacent to an activating group) is 1. The third-order valence-corrected chi connectivity index (χ3v) is 3.77. The van der Waals surface area contributed by atoms with Gasteiger partial charge in [0.2, 0.25) is 5.91 Å². The normalized spacial score (nSPS) is 26.8. The minimum atomic E-state index is -0.0366. The number of nitrogens with one attached hydrogen (secondary N) is 1. The van der Waals surface area contributed by atoms with Crippen LogP contribution >= 0.6 is 0 Å². The van der Waals surface area contributed by atoms with E-state index in [2.05, 4.69) is 12.2 Å². The molecule has 0 aliphatic heterocycles. The fraction of sp³-hybridized carbons (Fsp3) is 0.923. The van der Waals surface area contributed by atoms with E-state index in [1.54, 1.807) is 0 Å². The predicted octanol–water partition coefficient (Wildman–Crippen LogP) is 2.02. The maximum Gasteiger partial charge on any atom is 0.239 e. The summed E-state index contributed by atoms with van der Waals surface area (Å²) in [7, 11) is 0. The van der Waals surface area contributed by atoms with Crippen LogP contribution < -0.4 is 5.32 Å². The molecule has 1 aliphatic rings. The third-order valence-electron chi connectivity index (χ3n) is 3.77. The summed E-state index contributed by atoms with van der Waals surface area (Å²) in [5.41, 5.74) is 0. The van der Waals surface area contributed by atoms with Gasteiger partial charge < -0.3 is 10.2 Å². The van der Waals surface area contributed by atoms with Crippen molar-refractivity contribution in [3.63, 3.8) is 0 Å². The first-order valence-corrected chi connectivity index (χ1v) is 6.64. The molecule has 1 N–H and O–H groups in total. The number of hydrogen-bond donors (Lipinski definition) is 1. The molecule has 0 heterocycles. The van der Waals surface area contributed by atoms with E-state index in [4.69, 9.17) is 0 Å². The molecule has 0 radical (unpaired) electrons. The van der Waals surface area contributed by atoms with Crippen molar-refractivity contribution >= 4 is 5.91 Å². The van der Waals surface area contributed by atoms with Crippen LogP contribution in [0.2, 0.25) is 0 Å². The third kappa shape index (κ3) is 3.21. The number of rotatable bonds is 5. The Morgan fingerprint density at radius 3 is 2.44 bits per heavy atom. The Bertz CT molecular complexity index is 226. The van der Waals surface area contributed by atoms with E-state index in [9.17, 15) is 4.79 Å². The number of carbonyl (C=O) groups excluding carboxylic acids is 1. The summed E-state index contributed by atoms with van der Waals surface area (Å²) in [4.78, 5) is 14.0. The highest BCUT2D eigenvalue weighted by Gasteiger charge is 2.27. The van der Waals surface area contributed by atoms with Crippen LogP contribution in [0.4, 0.5) is 0 Å². The average molecular weight is 226 g/mol. The van der Waals surface area contributed by atoms with Crippen molar-refractivity contribution in [3.8, 4) is 0 Å². The SMILES string of the molecule is CCN(CC)C(=O)C(C)NC1CCCC1C. The second-order valence-electron chi connectivity index (χ2n) is 4.91. The van der Waals surface area contributed by atoms with Crippen LogP contribution in [0.3, 0.4) is 0 Å². The number of carbonyl (C=O) groups is 1. The van der Waals surface area contributed by atoms with E-state index in [1.165, 1.54) is 19.3 Å². The Labute approximate surface area is 99.6 Å². The van der Waals surface area contributed by atoms with Gasteiger partial charge in [-0.25, -0.2) is 0 Å². The zero-order valence-corrected chi connectivity index (χ0v) is 11.1. The van der Waals surface area contributed by atoms with Crippen LogP contribution in [0.25, 0.3) is 0 Å². The Kier molecular flexibility index (Phi) is 5.26. The first kappa shape index (κ1) is 13.5. The molecule has 3 unspecified atom stereocenters. The molecule has 0 aromatic carbocycles. The minimum absolute atomic E-state index is 0.0366. The van der Waals surface area contributed by atoms with Crippen LogP contribution in [0.5, 0.6) is 0 Å². The van der Waals surface area contributed by atoms with Crippen LogP contribution in [-0.4, -0.2) is 36.0 Å². The predicted molar refractivity (Wildman–Crippen MR) is 67.3 cm³/mol. The largest absolute Gasteiger partial charge is 0.342 e. The molecule has 94 valence electrons. The zero-order valence-electron chi connectivity index (χ0n) is 11.1. The van der Waals surface area contributed by atoms with Gasteiger partial charge in [-0.05, 0) is 39.5 Å². The standard InChI is InChI=1S/C13H26N2O/c1-5-15(6-2)13(16)11(4)14-12-9-7-8-10(12)3/h10-12,14H,5-9H2,1-4H3. The quantitative estimate of drug-likeness (QED) is 0.778.